The van der Waals surface area contributed by atoms with Gasteiger partial charge in [-0.25, -0.2) is 9.29 Å². The van der Waals surface area contributed by atoms with E-state index in [0.29, 0.717) is 42.5 Å². The molecule has 0 fully saturated rings. The summed E-state index contributed by atoms with van der Waals surface area (Å²) in [6.45, 7) is 4.43. The molecule has 0 atom stereocenters. The van der Waals surface area contributed by atoms with Gasteiger partial charge in [-0.15, -0.1) is 0 Å². The average molecular weight is 400 g/mol. The molecule has 3 rings (SSSR count). The Morgan fingerprint density at radius 3 is 2.12 bits per heavy atom. The number of benzene rings is 1. The Balaban J connectivity index is 2.02. The van der Waals surface area contributed by atoms with Crippen molar-refractivity contribution < 1.29 is 23.0 Å². The molecule has 0 saturated heterocycles. The van der Waals surface area contributed by atoms with Gasteiger partial charge < -0.3 is 9.05 Å². The van der Waals surface area contributed by atoms with Gasteiger partial charge in [-0.1, -0.05) is 11.6 Å². The van der Waals surface area contributed by atoms with Crippen LogP contribution in [0.4, 0.5) is 10.1 Å². The van der Waals surface area contributed by atoms with Gasteiger partial charge in [0.25, 0.3) is 11.8 Å². The summed E-state index contributed by atoms with van der Waals surface area (Å²) in [5, 5.41) is 0.600. The van der Waals surface area contributed by atoms with Crippen molar-refractivity contribution >= 4 is 42.8 Å². The van der Waals surface area contributed by atoms with Crippen molar-refractivity contribution in [2.45, 2.75) is 39.5 Å². The van der Waals surface area contributed by atoms with Crippen LogP contribution in [0.1, 0.15) is 39.5 Å². The fourth-order valence-electron chi connectivity index (χ4n) is 3.21. The monoisotopic (exact) mass is 399 g/mol. The summed E-state index contributed by atoms with van der Waals surface area (Å²) in [7, 11) is -1.53. The highest BCUT2D eigenvalue weighted by Gasteiger charge is 2.41. The highest BCUT2D eigenvalue weighted by molar-refractivity contribution is 7.56. The number of carbonyl (C=O) groups excluding carboxylic acids is 2. The molecule has 0 unspecified atom stereocenters. The van der Waals surface area contributed by atoms with Crippen LogP contribution in [0.15, 0.2) is 23.3 Å². The predicted octanol–water partition coefficient (Wildman–Crippen LogP) is 4.23. The van der Waals surface area contributed by atoms with E-state index in [9.17, 15) is 14.0 Å². The Morgan fingerprint density at radius 1 is 1.08 bits per heavy atom. The predicted molar refractivity (Wildman–Crippen MR) is 99.2 cm³/mol. The van der Waals surface area contributed by atoms with Gasteiger partial charge in [0.1, 0.15) is 5.82 Å². The third-order valence-electron chi connectivity index (χ3n) is 4.34. The van der Waals surface area contributed by atoms with Crippen molar-refractivity contribution in [2.75, 3.05) is 18.1 Å². The molecular formula is C18H20ClFNO4P. The molecule has 8 heteroatoms. The first kappa shape index (κ1) is 19.4. The van der Waals surface area contributed by atoms with Crippen molar-refractivity contribution in [1.29, 1.82) is 0 Å². The first-order valence-corrected chi connectivity index (χ1v) is 10.2. The Bertz CT molecular complexity index is 749. The van der Waals surface area contributed by atoms with Crippen LogP contribution >= 0.6 is 20.0 Å². The first-order chi connectivity index (χ1) is 12.5. The summed E-state index contributed by atoms with van der Waals surface area (Å²) < 4.78 is 25.8. The van der Waals surface area contributed by atoms with E-state index in [4.69, 9.17) is 20.6 Å². The zero-order valence-electron chi connectivity index (χ0n) is 14.7. The molecule has 1 aliphatic carbocycles. The van der Waals surface area contributed by atoms with Gasteiger partial charge in [0.05, 0.1) is 29.2 Å². The fourth-order valence-corrected chi connectivity index (χ4v) is 4.85. The second-order valence-corrected chi connectivity index (χ2v) is 7.88. The number of anilines is 1. The normalized spacial score (nSPS) is 17.5. The molecule has 140 valence electrons. The largest absolute Gasteiger partial charge is 0.331 e. The quantitative estimate of drug-likeness (QED) is 0.530. The van der Waals surface area contributed by atoms with Crippen molar-refractivity contribution in [2.24, 2.45) is 0 Å². The summed E-state index contributed by atoms with van der Waals surface area (Å²) in [5.41, 5.74) is 0.920. The number of hydrogen-bond donors (Lipinski definition) is 0. The number of amides is 2. The summed E-state index contributed by atoms with van der Waals surface area (Å²) in [5.74, 6) is -1.59. The minimum Gasteiger partial charge on any atom is -0.331 e. The van der Waals surface area contributed by atoms with Crippen molar-refractivity contribution in [3.63, 3.8) is 0 Å². The Morgan fingerprint density at radius 2 is 1.62 bits per heavy atom. The lowest BCUT2D eigenvalue weighted by Crippen LogP contribution is -2.33. The highest BCUT2D eigenvalue weighted by Crippen LogP contribution is 2.42. The molecule has 0 N–H and O–H groups in total. The minimum absolute atomic E-state index is 0.0966. The molecule has 1 aliphatic heterocycles. The van der Waals surface area contributed by atoms with Crippen LogP contribution in [0, 0.1) is 5.82 Å². The van der Waals surface area contributed by atoms with Crippen LogP contribution in [0.2, 0.25) is 5.02 Å². The molecule has 2 amide bonds. The molecule has 0 bridgehead atoms. The summed E-state index contributed by atoms with van der Waals surface area (Å²) in [4.78, 5) is 26.3. The maximum absolute atomic E-state index is 14.6. The van der Waals surface area contributed by atoms with E-state index in [1.165, 1.54) is 6.07 Å². The van der Waals surface area contributed by atoms with Crippen LogP contribution in [0.3, 0.4) is 0 Å². The topological polar surface area (TPSA) is 55.8 Å². The van der Waals surface area contributed by atoms with Crippen LogP contribution in [-0.4, -0.2) is 25.0 Å². The zero-order valence-corrected chi connectivity index (χ0v) is 16.3. The molecular weight excluding hydrogens is 380 g/mol. The summed E-state index contributed by atoms with van der Waals surface area (Å²) in [6, 6.07) is 2.51. The van der Waals surface area contributed by atoms with E-state index in [0.717, 1.165) is 23.8 Å². The van der Waals surface area contributed by atoms with Gasteiger partial charge in [-0.05, 0) is 51.7 Å². The number of carbonyl (C=O) groups is 2. The van der Waals surface area contributed by atoms with E-state index < -0.39 is 26.0 Å². The third-order valence-corrected chi connectivity index (χ3v) is 6.53. The smallest absolute Gasteiger partial charge is 0.261 e. The van der Waals surface area contributed by atoms with Crippen LogP contribution in [0.25, 0.3) is 0 Å². The second-order valence-electron chi connectivity index (χ2n) is 5.96. The molecule has 0 aromatic heterocycles. The molecule has 26 heavy (non-hydrogen) atoms. The number of rotatable bonds is 6. The minimum atomic E-state index is -1.53. The van der Waals surface area contributed by atoms with Gasteiger partial charge in [0, 0.05) is 11.1 Å². The summed E-state index contributed by atoms with van der Waals surface area (Å²) >= 11 is 6.19. The molecule has 0 spiro atoms. The molecule has 1 aromatic carbocycles. The lowest BCUT2D eigenvalue weighted by molar-refractivity contribution is -0.120. The number of nitrogens with zero attached hydrogens (tertiary/aromatic N) is 1. The lowest BCUT2D eigenvalue weighted by atomic mass is 9.93. The Kier molecular flexibility index (Phi) is 6.08. The van der Waals surface area contributed by atoms with Crippen LogP contribution in [0.5, 0.6) is 0 Å². The van der Waals surface area contributed by atoms with Crippen LogP contribution < -0.4 is 10.2 Å². The van der Waals surface area contributed by atoms with Crippen molar-refractivity contribution in [1.82, 2.24) is 0 Å². The fraction of sp³-hybridized carbons (Fsp3) is 0.444. The Hall–Kier alpha value is -1.33. The van der Waals surface area contributed by atoms with E-state index in [1.807, 2.05) is 13.8 Å². The highest BCUT2D eigenvalue weighted by atomic mass is 35.5. The number of hydrogen-bond acceptors (Lipinski definition) is 4. The third kappa shape index (κ3) is 3.44. The lowest BCUT2D eigenvalue weighted by Gasteiger charge is -2.21. The molecule has 0 saturated carbocycles. The standard InChI is InChI=1S/C18H20ClFNO4P/c1-3-24-26(25-4-2)16-10-15(14(20)9-13(16)19)21-17(22)11-7-5-6-8-12(11)18(21)23/h9-10H,3-8H2,1-2H3. The van der Waals surface area contributed by atoms with Gasteiger partial charge in [0.2, 0.25) is 8.38 Å². The van der Waals surface area contributed by atoms with Gasteiger partial charge in [-0.3, -0.25) is 9.59 Å². The SMILES string of the molecule is CCOP(OCC)c1cc(N2C(=O)C3=C(CCCC3)C2=O)c(F)cc1Cl. The average Bonchev–Trinajstić information content (AvgIpc) is 2.87. The van der Waals surface area contributed by atoms with Crippen molar-refractivity contribution in [3.8, 4) is 0 Å². The van der Waals surface area contributed by atoms with E-state index in [2.05, 4.69) is 0 Å². The van der Waals surface area contributed by atoms with E-state index in [1.54, 1.807) is 0 Å². The molecule has 5 nitrogen and oxygen atoms in total. The maximum atomic E-state index is 14.6. The number of imide groups is 1. The molecule has 1 heterocycles. The Labute approximate surface area is 158 Å². The maximum Gasteiger partial charge on any atom is 0.261 e. The molecule has 0 radical (unpaired) electrons. The second kappa shape index (κ2) is 8.13. The first-order valence-electron chi connectivity index (χ1n) is 8.65. The number of halogens is 2. The molecule has 2 aliphatic rings. The van der Waals surface area contributed by atoms with Gasteiger partial charge in [0.15, 0.2) is 0 Å². The molecule has 1 aromatic rings. The van der Waals surface area contributed by atoms with E-state index in [-0.39, 0.29) is 10.7 Å². The van der Waals surface area contributed by atoms with Gasteiger partial charge >= 0.3 is 0 Å². The van der Waals surface area contributed by atoms with Gasteiger partial charge in [-0.2, -0.15) is 0 Å². The van der Waals surface area contributed by atoms with Crippen LogP contribution in [-0.2, 0) is 18.6 Å². The summed E-state index contributed by atoms with van der Waals surface area (Å²) in [6.07, 6.45) is 2.84. The van der Waals surface area contributed by atoms with Crippen molar-refractivity contribution in [3.05, 3.63) is 34.1 Å². The zero-order chi connectivity index (χ0) is 18.8. The van der Waals surface area contributed by atoms with E-state index >= 15 is 0 Å².